The van der Waals surface area contributed by atoms with Gasteiger partial charge in [0.25, 0.3) is 23.6 Å². The Morgan fingerprint density at radius 1 is 0.500 bits per heavy atom. The van der Waals surface area contributed by atoms with Gasteiger partial charge in [-0.1, -0.05) is 0 Å². The summed E-state index contributed by atoms with van der Waals surface area (Å²) in [5, 5.41) is 82.6. The van der Waals surface area contributed by atoms with E-state index < -0.39 is 86.9 Å². The fourth-order valence-corrected chi connectivity index (χ4v) is 15.4. The fourth-order valence-electron chi connectivity index (χ4n) is 5.71. The first-order valence-corrected chi connectivity index (χ1v) is 24.8. The molecule has 0 radical (unpaired) electrons. The van der Waals surface area contributed by atoms with Gasteiger partial charge in [-0.2, -0.15) is 0 Å². The number of halogens is 6. The normalized spacial score (nSPS) is 12.1. The number of carbonyl (C=O) groups is 6. The number of aliphatic hydroxyl groups excluding tert-OH is 8. The molecule has 20 nitrogen and oxygen atoms in total. The van der Waals surface area contributed by atoms with E-state index >= 15 is 0 Å². The van der Waals surface area contributed by atoms with Crippen LogP contribution in [0.5, 0.6) is 0 Å². The predicted molar refractivity (Wildman–Crippen MR) is 276 cm³/mol. The van der Waals surface area contributed by atoms with Crippen molar-refractivity contribution in [1.29, 1.82) is 0 Å². The Labute approximate surface area is 438 Å². The summed E-state index contributed by atoms with van der Waals surface area (Å²) in [5.74, 6) is -4.04. The Hall–Kier alpha value is -0.680. The van der Waals surface area contributed by atoms with Gasteiger partial charge >= 0.3 is 0 Å². The zero-order valence-electron chi connectivity index (χ0n) is 33.1. The van der Waals surface area contributed by atoms with E-state index in [2.05, 4.69) is 10.6 Å². The fraction of sp³-hybridized carbons (Fsp3) is 0.500. The van der Waals surface area contributed by atoms with Gasteiger partial charge in [-0.05, 0) is 136 Å². The van der Waals surface area contributed by atoms with E-state index in [1.165, 1.54) is 23.9 Å². The van der Waals surface area contributed by atoms with Crippen LogP contribution in [0.1, 0.15) is 54.3 Å². The number of hydrogen-bond acceptors (Lipinski definition) is 14. The summed E-state index contributed by atoms with van der Waals surface area (Å²) in [6.07, 6.45) is -3.53. The highest BCUT2D eigenvalue weighted by Gasteiger charge is 2.35. The lowest BCUT2D eigenvalue weighted by Crippen LogP contribution is -2.42. The molecule has 2 aromatic rings. The number of carbonyl (C=O) groups excluding carboxylic acids is 6. The number of nitrogens with one attached hydrogen (secondary N) is 2. The minimum absolute atomic E-state index is 0.00371. The maximum absolute atomic E-state index is 14.1. The first-order chi connectivity index (χ1) is 29.2. The molecule has 0 fully saturated rings. The number of aliphatic hydroxyl groups is 8. The van der Waals surface area contributed by atoms with Crippen LogP contribution in [0.4, 0.5) is 11.4 Å². The van der Waals surface area contributed by atoms with Gasteiger partial charge < -0.3 is 71.1 Å². The summed E-state index contributed by atoms with van der Waals surface area (Å²) in [4.78, 5) is 87.7. The van der Waals surface area contributed by atoms with Crippen molar-refractivity contribution in [1.82, 2.24) is 20.4 Å². The van der Waals surface area contributed by atoms with Crippen LogP contribution in [0.25, 0.3) is 0 Å². The van der Waals surface area contributed by atoms with Crippen LogP contribution in [0.3, 0.4) is 0 Å². The van der Waals surface area contributed by atoms with E-state index in [4.69, 9.17) is 0 Å². The highest BCUT2D eigenvalue weighted by atomic mass is 127. The van der Waals surface area contributed by atoms with Crippen molar-refractivity contribution in [3.63, 3.8) is 0 Å². The number of nitrogens with zero attached hydrogens (tertiary/aromatic N) is 4. The first-order valence-electron chi connectivity index (χ1n) is 18.3. The number of amides is 6. The summed E-state index contributed by atoms with van der Waals surface area (Å²) in [6, 6.07) is 0. The van der Waals surface area contributed by atoms with Crippen LogP contribution in [-0.4, -0.2) is 191 Å². The second-order valence-corrected chi connectivity index (χ2v) is 19.5. The molecule has 2 rings (SSSR count). The van der Waals surface area contributed by atoms with Gasteiger partial charge in [0.15, 0.2) is 0 Å². The lowest BCUT2D eigenvalue weighted by molar-refractivity contribution is -0.123. The second kappa shape index (κ2) is 27.8. The van der Waals surface area contributed by atoms with Gasteiger partial charge in [0.1, 0.15) is 0 Å². The van der Waals surface area contributed by atoms with Gasteiger partial charge in [0.2, 0.25) is 11.8 Å². The highest BCUT2D eigenvalue weighted by Crippen LogP contribution is 2.40. The van der Waals surface area contributed by atoms with E-state index in [1.807, 2.05) is 136 Å². The molecule has 0 aliphatic heterocycles. The van der Waals surface area contributed by atoms with E-state index in [1.54, 1.807) is 0 Å². The summed E-state index contributed by atoms with van der Waals surface area (Å²) in [6.45, 7) is -4.59. The number of hydrogen-bond donors (Lipinski definition) is 10. The second-order valence-electron chi connectivity index (χ2n) is 13.1. The monoisotopic (exact) mass is 1550 g/mol. The maximum Gasteiger partial charge on any atom is 0.256 e. The lowest BCUT2D eigenvalue weighted by Gasteiger charge is -2.29. The third-order valence-corrected chi connectivity index (χ3v) is 15.2. The Morgan fingerprint density at radius 3 is 1.08 bits per heavy atom. The largest absolute Gasteiger partial charge is 0.395 e. The molecule has 346 valence electrons. The molecule has 0 bridgehead atoms. The Bertz CT molecular complexity index is 1840. The van der Waals surface area contributed by atoms with Crippen molar-refractivity contribution < 1.29 is 69.6 Å². The van der Waals surface area contributed by atoms with E-state index in [0.29, 0.717) is 0 Å². The molecule has 2 unspecified atom stereocenters. The zero-order valence-corrected chi connectivity index (χ0v) is 46.1. The van der Waals surface area contributed by atoms with Crippen LogP contribution in [0, 0.1) is 21.4 Å². The number of anilines is 2. The first kappa shape index (κ1) is 57.4. The van der Waals surface area contributed by atoms with Gasteiger partial charge in [0.05, 0.1) is 99.8 Å². The molecular weight excluding hydrogens is 1500 g/mol. The van der Waals surface area contributed by atoms with E-state index in [-0.39, 0.29) is 108 Å². The van der Waals surface area contributed by atoms with Gasteiger partial charge in [0, 0.05) is 73.3 Å². The Morgan fingerprint density at radius 2 is 0.806 bits per heavy atom. The van der Waals surface area contributed by atoms with Crippen molar-refractivity contribution >= 4 is 182 Å². The Kier molecular flexibility index (Phi) is 25.8. The molecule has 2 aromatic carbocycles. The third kappa shape index (κ3) is 14.4. The molecule has 0 saturated carbocycles. The standard InChI is InChI=1S/C36H46I6N6O14/c1-45(31-27(39)21(33(59)43-5-9-49)25(37)23(29(31)41)35(61)47(7-11-51)13-17(55)15-53)19(57)3-4-20(58)46(2)32-28(40)22(34(60)44-6-10-50)26(38)24(30(32)42)36(62)48(8-12-52)14-18(56)16-54/h17-18,49-56H,3-16H2,1-2H3,(H,43,59)(H,44,60). The van der Waals surface area contributed by atoms with Crippen molar-refractivity contribution in [2.24, 2.45) is 0 Å². The predicted octanol–water partition coefficient (Wildman–Crippen LogP) is -0.260. The molecule has 26 heteroatoms. The van der Waals surface area contributed by atoms with Crippen LogP contribution in [0.15, 0.2) is 0 Å². The molecule has 10 N–H and O–H groups in total. The molecule has 0 heterocycles. The SMILES string of the molecule is CN(C(=O)CCC(=O)N(C)c1c(I)c(C(=O)NCCO)c(I)c(C(=O)N(CCO)CC(O)CO)c1I)c1c(I)c(C(=O)NCCO)c(I)c(C(=O)N(CCO)CC(O)CO)c1I. The minimum atomic E-state index is -1.35. The van der Waals surface area contributed by atoms with Gasteiger partial charge in [-0.25, -0.2) is 0 Å². The van der Waals surface area contributed by atoms with Crippen molar-refractivity contribution in [2.45, 2.75) is 25.0 Å². The number of benzene rings is 2. The van der Waals surface area contributed by atoms with Gasteiger partial charge in [-0.15, -0.1) is 0 Å². The molecule has 0 saturated heterocycles. The molecule has 6 amide bonds. The van der Waals surface area contributed by atoms with Crippen LogP contribution in [-0.2, 0) is 9.59 Å². The molecule has 0 aliphatic rings. The summed E-state index contributed by atoms with van der Waals surface area (Å²) in [7, 11) is 2.78. The summed E-state index contributed by atoms with van der Waals surface area (Å²) >= 11 is 11.0. The topological polar surface area (TPSA) is 301 Å². The smallest absolute Gasteiger partial charge is 0.256 e. The minimum Gasteiger partial charge on any atom is -0.395 e. The van der Waals surface area contributed by atoms with Gasteiger partial charge in [-0.3, -0.25) is 28.8 Å². The van der Waals surface area contributed by atoms with E-state index in [9.17, 15) is 69.6 Å². The van der Waals surface area contributed by atoms with Crippen LogP contribution in [0.2, 0.25) is 0 Å². The van der Waals surface area contributed by atoms with Crippen molar-refractivity contribution in [3.8, 4) is 0 Å². The van der Waals surface area contributed by atoms with E-state index in [0.717, 1.165) is 9.80 Å². The van der Waals surface area contributed by atoms with Crippen molar-refractivity contribution in [3.05, 3.63) is 43.7 Å². The molecular formula is C36H46I6N6O14. The summed E-state index contributed by atoms with van der Waals surface area (Å²) in [5.41, 5.74) is 0.167. The zero-order chi connectivity index (χ0) is 47.2. The highest BCUT2D eigenvalue weighted by molar-refractivity contribution is 14.1. The van der Waals surface area contributed by atoms with Crippen molar-refractivity contribution in [2.75, 3.05) is 103 Å². The number of rotatable bonds is 23. The molecule has 0 aromatic heterocycles. The maximum atomic E-state index is 14.1. The average Bonchev–Trinajstić information content (AvgIpc) is 3.22. The molecule has 2 atom stereocenters. The average molecular weight is 1550 g/mol. The quantitative estimate of drug-likeness (QED) is 0.0642. The van der Waals surface area contributed by atoms with Crippen LogP contribution >= 0.6 is 136 Å². The molecule has 0 aliphatic carbocycles. The molecule has 0 spiro atoms. The third-order valence-electron chi connectivity index (χ3n) is 8.83. The Balaban J connectivity index is 2.70. The van der Waals surface area contributed by atoms with Crippen LogP contribution < -0.4 is 20.4 Å². The lowest BCUT2D eigenvalue weighted by atomic mass is 10.0. The molecule has 62 heavy (non-hydrogen) atoms. The summed E-state index contributed by atoms with van der Waals surface area (Å²) < 4.78 is 1.28.